The number of halogens is 1. The van der Waals surface area contributed by atoms with Gasteiger partial charge in [-0.15, -0.1) is 11.8 Å². The number of para-hydroxylation sites is 1. The van der Waals surface area contributed by atoms with Crippen molar-refractivity contribution in [1.29, 1.82) is 0 Å². The molecule has 1 aromatic heterocycles. The van der Waals surface area contributed by atoms with Crippen LogP contribution in [0.2, 0.25) is 0 Å². The van der Waals surface area contributed by atoms with Gasteiger partial charge in [0.05, 0.1) is 30.2 Å². The van der Waals surface area contributed by atoms with E-state index in [-0.39, 0.29) is 31.1 Å². The topological polar surface area (TPSA) is 84.7 Å². The lowest BCUT2D eigenvalue weighted by Gasteiger charge is -2.44. The fourth-order valence-electron chi connectivity index (χ4n) is 6.52. The molecule has 0 spiro atoms. The summed E-state index contributed by atoms with van der Waals surface area (Å²) in [7, 11) is 0. The van der Waals surface area contributed by atoms with Crippen LogP contribution in [0.3, 0.4) is 0 Å². The number of carbonyl (C=O) groups excluding carboxylic acids is 2. The van der Waals surface area contributed by atoms with Gasteiger partial charge in [-0.2, -0.15) is 0 Å². The highest BCUT2D eigenvalue weighted by atomic mass is 32.2. The van der Waals surface area contributed by atoms with Gasteiger partial charge >= 0.3 is 0 Å². The molecule has 2 atom stereocenters. The molecule has 2 aromatic rings. The molecule has 2 amide bonds. The van der Waals surface area contributed by atoms with E-state index in [2.05, 4.69) is 33.2 Å². The van der Waals surface area contributed by atoms with E-state index in [1.807, 2.05) is 44.4 Å². The summed E-state index contributed by atoms with van der Waals surface area (Å²) in [5.74, 6) is -0.365. The Kier molecular flexibility index (Phi) is 8.31. The summed E-state index contributed by atoms with van der Waals surface area (Å²) in [5, 5.41) is 7.50. The molecule has 0 bridgehead atoms. The summed E-state index contributed by atoms with van der Waals surface area (Å²) in [6.45, 7) is 6.82. The molecule has 39 heavy (non-hydrogen) atoms. The molecule has 2 aliphatic heterocycles. The minimum atomic E-state index is -0.488. The van der Waals surface area contributed by atoms with E-state index in [0.29, 0.717) is 36.4 Å². The monoisotopic (exact) mass is 554 g/mol. The van der Waals surface area contributed by atoms with E-state index < -0.39 is 11.5 Å². The van der Waals surface area contributed by atoms with Crippen molar-refractivity contribution in [2.45, 2.75) is 64.1 Å². The molecular formula is C30H39FN4O3S. The number of nitrogens with zero attached hydrogens (tertiary/aromatic N) is 2. The number of nitrogens with one attached hydrogen (secondary N) is 2. The van der Waals surface area contributed by atoms with Crippen LogP contribution in [0.15, 0.2) is 40.2 Å². The molecule has 1 aliphatic carbocycles. The number of ether oxygens (including phenoxy) is 1. The van der Waals surface area contributed by atoms with Crippen molar-refractivity contribution in [3.63, 3.8) is 0 Å². The summed E-state index contributed by atoms with van der Waals surface area (Å²) in [4.78, 5) is 31.2. The number of hydrogen-bond donors (Lipinski definition) is 2. The minimum absolute atomic E-state index is 0.165. The first kappa shape index (κ1) is 28.1. The molecule has 210 valence electrons. The molecule has 3 heterocycles. The van der Waals surface area contributed by atoms with E-state index >= 15 is 0 Å². The molecule has 1 saturated heterocycles. The van der Waals surface area contributed by atoms with Crippen LogP contribution in [0.1, 0.15) is 61.6 Å². The fourth-order valence-corrected chi connectivity index (χ4v) is 7.28. The first-order valence-corrected chi connectivity index (χ1v) is 15.1. The average Bonchev–Trinajstić information content (AvgIpc) is 3.21. The van der Waals surface area contributed by atoms with Gasteiger partial charge in [-0.1, -0.05) is 18.2 Å². The zero-order valence-electron chi connectivity index (χ0n) is 23.3. The van der Waals surface area contributed by atoms with Crippen LogP contribution in [0, 0.1) is 18.8 Å². The van der Waals surface area contributed by atoms with Crippen molar-refractivity contribution in [3.8, 4) is 0 Å². The van der Waals surface area contributed by atoms with Crippen LogP contribution in [0.5, 0.6) is 0 Å². The molecule has 3 aliphatic rings. The fraction of sp³-hybridized carbons (Fsp3) is 0.567. The Hall–Kier alpha value is -2.49. The van der Waals surface area contributed by atoms with Gasteiger partial charge in [-0.25, -0.2) is 9.38 Å². The SMILES string of the molecule is CSC1=CC(C)=NC(=O)C1CNC(=O)c1c(C)n([C@H](C)C2CCC(NC3(CF)COC3)CC2)c2ccccc12. The zero-order chi connectivity index (χ0) is 27.7. The Balaban J connectivity index is 1.31. The molecule has 1 aromatic carbocycles. The van der Waals surface area contributed by atoms with Crippen LogP contribution < -0.4 is 10.6 Å². The van der Waals surface area contributed by atoms with Gasteiger partial charge in [-0.3, -0.25) is 9.59 Å². The lowest BCUT2D eigenvalue weighted by atomic mass is 9.80. The third-order valence-corrected chi connectivity index (χ3v) is 9.62. The molecule has 2 N–H and O–H groups in total. The van der Waals surface area contributed by atoms with Gasteiger partial charge in [0.2, 0.25) is 0 Å². The standard InChI is InChI=1S/C30H39FN4O3S/c1-18-13-26(39-4)24(28(36)33-18)14-32-29(37)27-20(3)35(25-8-6-5-7-23(25)27)19(2)21-9-11-22(12-10-21)34-30(15-31)16-38-17-30/h5-8,13,19,21-22,24,34H,9-12,14-17H2,1-4H3,(H,32,37)/t19-,21?,22?,24?/m1/s1. The lowest BCUT2D eigenvalue weighted by molar-refractivity contribution is -0.120. The Labute approximate surface area is 234 Å². The molecule has 5 rings (SSSR count). The van der Waals surface area contributed by atoms with Crippen LogP contribution in [-0.2, 0) is 9.53 Å². The smallest absolute Gasteiger partial charge is 0.255 e. The molecule has 1 unspecified atom stereocenters. The average molecular weight is 555 g/mol. The third-order valence-electron chi connectivity index (χ3n) is 8.75. The van der Waals surface area contributed by atoms with Crippen LogP contribution in [0.25, 0.3) is 10.9 Å². The highest BCUT2D eigenvalue weighted by Gasteiger charge is 2.41. The quantitative estimate of drug-likeness (QED) is 0.456. The number of allylic oxidation sites excluding steroid dienone is 1. The second kappa shape index (κ2) is 11.6. The van der Waals surface area contributed by atoms with Gasteiger partial charge in [0.25, 0.3) is 11.8 Å². The first-order chi connectivity index (χ1) is 18.8. The summed E-state index contributed by atoms with van der Waals surface area (Å²) in [6, 6.07) is 8.59. The van der Waals surface area contributed by atoms with Gasteiger partial charge in [-0.05, 0) is 70.8 Å². The number of aromatic nitrogens is 1. The number of thioether (sulfide) groups is 1. The molecular weight excluding hydrogens is 515 g/mol. The number of benzene rings is 1. The van der Waals surface area contributed by atoms with E-state index in [1.54, 1.807) is 0 Å². The second-order valence-electron chi connectivity index (χ2n) is 11.4. The van der Waals surface area contributed by atoms with Gasteiger partial charge in [0, 0.05) is 45.8 Å². The van der Waals surface area contributed by atoms with Crippen LogP contribution >= 0.6 is 11.8 Å². The molecule has 9 heteroatoms. The number of hydrogen-bond acceptors (Lipinski definition) is 5. The molecule has 1 saturated carbocycles. The van der Waals surface area contributed by atoms with E-state index in [9.17, 15) is 14.0 Å². The minimum Gasteiger partial charge on any atom is -0.377 e. The van der Waals surface area contributed by atoms with Crippen LogP contribution in [-0.4, -0.2) is 66.4 Å². The van der Waals surface area contributed by atoms with Crippen molar-refractivity contribution in [2.75, 3.05) is 32.7 Å². The Bertz CT molecular complexity index is 1300. The van der Waals surface area contributed by atoms with Crippen molar-refractivity contribution in [2.24, 2.45) is 16.8 Å². The summed E-state index contributed by atoms with van der Waals surface area (Å²) < 4.78 is 21.2. The molecule has 0 radical (unpaired) electrons. The van der Waals surface area contributed by atoms with E-state index in [0.717, 1.165) is 47.2 Å². The Morgan fingerprint density at radius 1 is 1.23 bits per heavy atom. The largest absolute Gasteiger partial charge is 0.377 e. The van der Waals surface area contributed by atoms with Crippen molar-refractivity contribution in [1.82, 2.24) is 15.2 Å². The predicted molar refractivity (Wildman–Crippen MR) is 155 cm³/mol. The van der Waals surface area contributed by atoms with Gasteiger partial charge < -0.3 is 19.9 Å². The molecule has 2 fully saturated rings. The van der Waals surface area contributed by atoms with E-state index in [4.69, 9.17) is 4.74 Å². The number of fused-ring (bicyclic) bond motifs is 1. The third kappa shape index (κ3) is 5.45. The molecule has 7 nitrogen and oxygen atoms in total. The Morgan fingerprint density at radius 2 is 1.95 bits per heavy atom. The lowest BCUT2D eigenvalue weighted by Crippen LogP contribution is -2.65. The second-order valence-corrected chi connectivity index (χ2v) is 12.2. The highest BCUT2D eigenvalue weighted by molar-refractivity contribution is 8.02. The number of amides is 2. The maximum atomic E-state index is 13.6. The maximum absolute atomic E-state index is 13.6. The number of rotatable bonds is 9. The van der Waals surface area contributed by atoms with Gasteiger partial charge in [0.1, 0.15) is 6.67 Å². The van der Waals surface area contributed by atoms with E-state index in [1.165, 1.54) is 11.8 Å². The summed E-state index contributed by atoms with van der Waals surface area (Å²) >= 11 is 1.52. The van der Waals surface area contributed by atoms with Crippen LogP contribution in [0.4, 0.5) is 4.39 Å². The maximum Gasteiger partial charge on any atom is 0.255 e. The van der Waals surface area contributed by atoms with Gasteiger partial charge in [0.15, 0.2) is 0 Å². The predicted octanol–water partition coefficient (Wildman–Crippen LogP) is 4.99. The normalized spacial score (nSPS) is 25.6. The Morgan fingerprint density at radius 3 is 2.59 bits per heavy atom. The number of alkyl halides is 1. The number of aliphatic imine (C=N–C) groups is 1. The zero-order valence-corrected chi connectivity index (χ0v) is 24.1. The first-order valence-electron chi connectivity index (χ1n) is 13.9. The number of carbonyl (C=O) groups is 2. The van der Waals surface area contributed by atoms with Crippen molar-refractivity contribution in [3.05, 3.63) is 46.5 Å². The van der Waals surface area contributed by atoms with Crippen molar-refractivity contribution >= 4 is 40.2 Å². The van der Waals surface area contributed by atoms with Crippen molar-refractivity contribution < 1.29 is 18.7 Å². The highest BCUT2D eigenvalue weighted by Crippen LogP contribution is 2.38. The number of dihydropyridines is 1. The summed E-state index contributed by atoms with van der Waals surface area (Å²) in [6.07, 6.45) is 7.96. The summed E-state index contributed by atoms with van der Waals surface area (Å²) in [5.41, 5.74) is 2.87.